The molecule has 0 aromatic carbocycles. The molecule has 0 bridgehead atoms. The summed E-state index contributed by atoms with van der Waals surface area (Å²) in [4.78, 5) is 9.63. The number of halogens is 1. The summed E-state index contributed by atoms with van der Waals surface area (Å²) in [5, 5.41) is 3.24. The van der Waals surface area contributed by atoms with Gasteiger partial charge < -0.3 is 10.1 Å². The minimum atomic E-state index is 0.306. The van der Waals surface area contributed by atoms with Crippen LogP contribution >= 0.6 is 22.6 Å². The standard InChI is InChI=1S/C16H24IN3O/c1-18-16-14(17)15(11-6-2-3-7-11)19-13(20-16)10-12-8-4-5-9-21-12/h11-12H,2-10H2,1H3,(H,18,19,20). The van der Waals surface area contributed by atoms with Gasteiger partial charge in [-0.15, -0.1) is 0 Å². The van der Waals surface area contributed by atoms with Gasteiger partial charge in [0.05, 0.1) is 15.4 Å². The topological polar surface area (TPSA) is 47.0 Å². The van der Waals surface area contributed by atoms with Crippen molar-refractivity contribution in [3.05, 3.63) is 15.1 Å². The van der Waals surface area contributed by atoms with Crippen LogP contribution in [0.3, 0.4) is 0 Å². The highest BCUT2D eigenvalue weighted by molar-refractivity contribution is 14.1. The molecule has 1 saturated carbocycles. The van der Waals surface area contributed by atoms with E-state index in [2.05, 4.69) is 27.9 Å². The third-order valence-electron chi connectivity index (χ3n) is 4.59. The molecule has 1 aliphatic heterocycles. The SMILES string of the molecule is CNc1nc(CC2CCCCO2)nc(C2CCCC2)c1I. The Kier molecular flexibility index (Phi) is 5.32. The molecule has 2 fully saturated rings. The predicted molar refractivity (Wildman–Crippen MR) is 92.8 cm³/mol. The lowest BCUT2D eigenvalue weighted by molar-refractivity contribution is 0.0156. The van der Waals surface area contributed by atoms with Crippen molar-refractivity contribution in [1.82, 2.24) is 9.97 Å². The minimum Gasteiger partial charge on any atom is -0.378 e. The van der Waals surface area contributed by atoms with Gasteiger partial charge in [0.2, 0.25) is 0 Å². The fraction of sp³-hybridized carbons (Fsp3) is 0.750. The maximum atomic E-state index is 5.85. The molecule has 1 unspecified atom stereocenters. The summed E-state index contributed by atoms with van der Waals surface area (Å²) in [5.41, 5.74) is 1.26. The Balaban J connectivity index is 1.83. The summed E-state index contributed by atoms with van der Waals surface area (Å²) in [6, 6.07) is 0. The number of aromatic nitrogens is 2. The van der Waals surface area contributed by atoms with Crippen LogP contribution in [-0.2, 0) is 11.2 Å². The van der Waals surface area contributed by atoms with E-state index in [0.29, 0.717) is 12.0 Å². The molecule has 5 heteroatoms. The van der Waals surface area contributed by atoms with E-state index in [-0.39, 0.29) is 0 Å². The van der Waals surface area contributed by atoms with Gasteiger partial charge in [-0.25, -0.2) is 9.97 Å². The second kappa shape index (κ2) is 7.22. The molecule has 1 aromatic heterocycles. The van der Waals surface area contributed by atoms with Crippen LogP contribution < -0.4 is 5.32 Å². The number of anilines is 1. The number of ether oxygens (including phenoxy) is 1. The van der Waals surface area contributed by atoms with E-state index in [1.807, 2.05) is 7.05 Å². The lowest BCUT2D eigenvalue weighted by Gasteiger charge is -2.23. The van der Waals surface area contributed by atoms with Crippen molar-refractivity contribution in [2.75, 3.05) is 19.0 Å². The number of nitrogens with zero attached hydrogens (tertiary/aromatic N) is 2. The molecular formula is C16H24IN3O. The highest BCUT2D eigenvalue weighted by Gasteiger charge is 2.24. The summed E-state index contributed by atoms with van der Waals surface area (Å²) in [5.74, 6) is 2.56. The second-order valence-electron chi connectivity index (χ2n) is 6.11. The van der Waals surface area contributed by atoms with E-state index in [9.17, 15) is 0 Å². The summed E-state index contributed by atoms with van der Waals surface area (Å²) in [6.45, 7) is 0.892. The Morgan fingerprint density at radius 3 is 2.57 bits per heavy atom. The fourth-order valence-electron chi connectivity index (χ4n) is 3.41. The first-order valence-electron chi connectivity index (χ1n) is 8.13. The monoisotopic (exact) mass is 401 g/mol. The smallest absolute Gasteiger partial charge is 0.143 e. The van der Waals surface area contributed by atoms with Crippen molar-refractivity contribution in [2.24, 2.45) is 0 Å². The van der Waals surface area contributed by atoms with Crippen LogP contribution in [0, 0.1) is 3.57 Å². The van der Waals surface area contributed by atoms with Gasteiger partial charge in [-0.3, -0.25) is 0 Å². The molecule has 1 N–H and O–H groups in total. The van der Waals surface area contributed by atoms with E-state index in [1.54, 1.807) is 0 Å². The quantitative estimate of drug-likeness (QED) is 0.778. The fourth-order valence-corrected chi connectivity index (χ4v) is 4.36. The van der Waals surface area contributed by atoms with Gasteiger partial charge in [-0.1, -0.05) is 12.8 Å². The van der Waals surface area contributed by atoms with Crippen LogP contribution in [-0.4, -0.2) is 29.7 Å². The zero-order valence-electron chi connectivity index (χ0n) is 12.7. The molecule has 3 rings (SSSR count). The van der Waals surface area contributed by atoms with Gasteiger partial charge in [0.1, 0.15) is 11.6 Å². The Bertz CT molecular complexity index is 483. The number of hydrogen-bond acceptors (Lipinski definition) is 4. The summed E-state index contributed by atoms with van der Waals surface area (Å²) in [6.07, 6.45) is 9.98. The van der Waals surface area contributed by atoms with Gasteiger partial charge in [-0.2, -0.15) is 0 Å². The lowest BCUT2D eigenvalue weighted by Crippen LogP contribution is -2.23. The average molecular weight is 401 g/mol. The van der Waals surface area contributed by atoms with Gasteiger partial charge in [-0.05, 0) is 54.7 Å². The Morgan fingerprint density at radius 1 is 1.14 bits per heavy atom. The van der Waals surface area contributed by atoms with Crippen LogP contribution in [0.5, 0.6) is 0 Å². The maximum absolute atomic E-state index is 5.85. The predicted octanol–water partition coefficient (Wildman–Crippen LogP) is 3.89. The Hall–Kier alpha value is -0.430. The molecule has 0 spiro atoms. The molecule has 1 saturated heterocycles. The number of nitrogens with one attached hydrogen (secondary N) is 1. The van der Waals surface area contributed by atoms with Gasteiger partial charge >= 0.3 is 0 Å². The van der Waals surface area contributed by atoms with Crippen molar-refractivity contribution in [3.63, 3.8) is 0 Å². The van der Waals surface area contributed by atoms with Crippen LogP contribution in [0.2, 0.25) is 0 Å². The van der Waals surface area contributed by atoms with E-state index < -0.39 is 0 Å². The van der Waals surface area contributed by atoms with Crippen molar-refractivity contribution < 1.29 is 4.74 Å². The minimum absolute atomic E-state index is 0.306. The first kappa shape index (κ1) is 15.5. The molecule has 0 radical (unpaired) electrons. The van der Waals surface area contributed by atoms with Crippen LogP contribution in [0.1, 0.15) is 62.4 Å². The maximum Gasteiger partial charge on any atom is 0.143 e. The van der Waals surface area contributed by atoms with Gasteiger partial charge in [0, 0.05) is 26.0 Å². The Labute approximate surface area is 140 Å². The third-order valence-corrected chi connectivity index (χ3v) is 5.65. The van der Waals surface area contributed by atoms with E-state index in [0.717, 1.165) is 31.1 Å². The van der Waals surface area contributed by atoms with E-state index in [4.69, 9.17) is 14.7 Å². The van der Waals surface area contributed by atoms with E-state index >= 15 is 0 Å². The van der Waals surface area contributed by atoms with Gasteiger partial charge in [0.15, 0.2) is 0 Å². The molecule has 1 aromatic rings. The summed E-state index contributed by atoms with van der Waals surface area (Å²) in [7, 11) is 1.95. The molecule has 2 aliphatic rings. The molecule has 4 nitrogen and oxygen atoms in total. The molecule has 1 atom stereocenters. The normalized spacial score (nSPS) is 23.4. The average Bonchev–Trinajstić information content (AvgIpc) is 3.04. The zero-order valence-corrected chi connectivity index (χ0v) is 14.9. The van der Waals surface area contributed by atoms with Crippen LogP contribution in [0.4, 0.5) is 5.82 Å². The van der Waals surface area contributed by atoms with E-state index in [1.165, 1.54) is 47.8 Å². The highest BCUT2D eigenvalue weighted by atomic mass is 127. The first-order valence-corrected chi connectivity index (χ1v) is 9.21. The number of hydrogen-bond donors (Lipinski definition) is 1. The van der Waals surface area contributed by atoms with Crippen molar-refractivity contribution in [2.45, 2.75) is 63.4 Å². The molecule has 0 amide bonds. The second-order valence-corrected chi connectivity index (χ2v) is 7.19. The van der Waals surface area contributed by atoms with Crippen molar-refractivity contribution >= 4 is 28.4 Å². The zero-order chi connectivity index (χ0) is 14.7. The van der Waals surface area contributed by atoms with Gasteiger partial charge in [0.25, 0.3) is 0 Å². The van der Waals surface area contributed by atoms with Crippen molar-refractivity contribution in [1.29, 1.82) is 0 Å². The van der Waals surface area contributed by atoms with Crippen molar-refractivity contribution in [3.8, 4) is 0 Å². The molecule has 1 aliphatic carbocycles. The Morgan fingerprint density at radius 2 is 1.90 bits per heavy atom. The molecular weight excluding hydrogens is 377 g/mol. The third kappa shape index (κ3) is 3.67. The number of rotatable bonds is 4. The molecule has 2 heterocycles. The summed E-state index contributed by atoms with van der Waals surface area (Å²) < 4.78 is 7.05. The summed E-state index contributed by atoms with van der Waals surface area (Å²) >= 11 is 2.40. The first-order chi connectivity index (χ1) is 10.3. The molecule has 116 valence electrons. The molecule has 21 heavy (non-hydrogen) atoms. The van der Waals surface area contributed by atoms with Crippen LogP contribution in [0.25, 0.3) is 0 Å². The van der Waals surface area contributed by atoms with Crippen LogP contribution in [0.15, 0.2) is 0 Å². The highest BCUT2D eigenvalue weighted by Crippen LogP contribution is 2.37. The lowest BCUT2D eigenvalue weighted by atomic mass is 10.0. The largest absolute Gasteiger partial charge is 0.378 e.